The first kappa shape index (κ1) is 13.9. The van der Waals surface area contributed by atoms with Crippen LogP contribution in [0, 0.1) is 6.92 Å². The molecular weight excluding hydrogens is 266 g/mol. The van der Waals surface area contributed by atoms with Crippen LogP contribution in [0.15, 0.2) is 23.1 Å². The van der Waals surface area contributed by atoms with E-state index in [1.165, 1.54) is 25.2 Å². The predicted molar refractivity (Wildman–Crippen MR) is 64.2 cm³/mol. The van der Waals surface area contributed by atoms with Crippen molar-refractivity contribution in [3.63, 3.8) is 0 Å². The van der Waals surface area contributed by atoms with Crippen molar-refractivity contribution in [2.24, 2.45) is 5.14 Å². The maximum atomic E-state index is 11.3. The number of rotatable bonds is 4. The van der Waals surface area contributed by atoms with E-state index in [1.807, 2.05) is 0 Å². The van der Waals surface area contributed by atoms with Gasteiger partial charge in [-0.1, -0.05) is 6.07 Å². The van der Waals surface area contributed by atoms with Gasteiger partial charge in [0.05, 0.1) is 10.6 Å². The summed E-state index contributed by atoms with van der Waals surface area (Å²) in [5.74, 6) is 0. The van der Waals surface area contributed by atoms with Crippen LogP contribution < -0.4 is 14.6 Å². The van der Waals surface area contributed by atoms with Gasteiger partial charge in [0.1, 0.15) is 0 Å². The van der Waals surface area contributed by atoms with E-state index in [0.29, 0.717) is 5.56 Å². The Hall–Kier alpha value is -1.16. The van der Waals surface area contributed by atoms with Crippen molar-refractivity contribution in [1.82, 2.24) is 4.72 Å². The third-order valence-electron chi connectivity index (χ3n) is 2.05. The second kappa shape index (κ2) is 4.61. The summed E-state index contributed by atoms with van der Waals surface area (Å²) in [5.41, 5.74) is 0.738. The minimum atomic E-state index is -3.86. The molecule has 1 rings (SSSR count). The molecule has 17 heavy (non-hydrogen) atoms. The van der Waals surface area contributed by atoms with Crippen LogP contribution in [0.1, 0.15) is 5.56 Å². The summed E-state index contributed by atoms with van der Waals surface area (Å²) in [6.07, 6.45) is 0. The van der Waals surface area contributed by atoms with Crippen molar-refractivity contribution in [2.75, 3.05) is 11.8 Å². The number of aryl methyl sites for hydroxylation is 1. The second-order valence-electron chi connectivity index (χ2n) is 3.33. The van der Waals surface area contributed by atoms with Crippen molar-refractivity contribution >= 4 is 25.9 Å². The summed E-state index contributed by atoms with van der Waals surface area (Å²) < 4.78 is 49.0. The van der Waals surface area contributed by atoms with Gasteiger partial charge in [-0.3, -0.25) is 4.72 Å². The lowest BCUT2D eigenvalue weighted by Crippen LogP contribution is -2.27. The fourth-order valence-electron chi connectivity index (χ4n) is 1.08. The van der Waals surface area contributed by atoms with Gasteiger partial charge in [-0.25, -0.2) is 18.3 Å². The highest BCUT2D eigenvalue weighted by molar-refractivity contribution is 7.90. The fourth-order valence-corrected chi connectivity index (χ4v) is 2.24. The average molecular weight is 279 g/mol. The molecule has 0 saturated heterocycles. The zero-order chi connectivity index (χ0) is 13.3. The highest BCUT2D eigenvalue weighted by Gasteiger charge is 2.13. The highest BCUT2D eigenvalue weighted by atomic mass is 32.2. The number of nitrogens with two attached hydrogens (primary N) is 1. The van der Waals surface area contributed by atoms with Crippen molar-refractivity contribution < 1.29 is 16.8 Å². The lowest BCUT2D eigenvalue weighted by atomic mass is 10.2. The Kier molecular flexibility index (Phi) is 3.77. The SMILES string of the molecule is CNS(=O)(=O)Nc1cc(S(N)(=O)=O)ccc1C. The summed E-state index contributed by atoms with van der Waals surface area (Å²) in [7, 11) is -6.32. The zero-order valence-corrected chi connectivity index (χ0v) is 10.9. The van der Waals surface area contributed by atoms with Gasteiger partial charge in [0.15, 0.2) is 0 Å². The smallest absolute Gasteiger partial charge is 0.271 e. The Morgan fingerprint density at radius 3 is 2.24 bits per heavy atom. The largest absolute Gasteiger partial charge is 0.298 e. The average Bonchev–Trinajstić information content (AvgIpc) is 2.19. The number of primary sulfonamides is 1. The van der Waals surface area contributed by atoms with Crippen LogP contribution in [0.2, 0.25) is 0 Å². The molecule has 0 spiro atoms. The highest BCUT2D eigenvalue weighted by Crippen LogP contribution is 2.20. The molecule has 96 valence electrons. The maximum absolute atomic E-state index is 11.3. The molecule has 0 atom stereocenters. The summed E-state index contributed by atoms with van der Waals surface area (Å²) in [6.45, 7) is 1.64. The van der Waals surface area contributed by atoms with E-state index in [2.05, 4.69) is 9.44 Å². The quantitative estimate of drug-likeness (QED) is 0.689. The molecule has 4 N–H and O–H groups in total. The van der Waals surface area contributed by atoms with Crippen LogP contribution in [0.4, 0.5) is 5.69 Å². The van der Waals surface area contributed by atoms with Crippen LogP contribution in [-0.4, -0.2) is 23.9 Å². The molecule has 1 aromatic carbocycles. The van der Waals surface area contributed by atoms with Crippen molar-refractivity contribution in [3.05, 3.63) is 23.8 Å². The second-order valence-corrected chi connectivity index (χ2v) is 6.51. The topological polar surface area (TPSA) is 118 Å². The molecule has 0 saturated carbocycles. The van der Waals surface area contributed by atoms with Crippen LogP contribution in [0.25, 0.3) is 0 Å². The van der Waals surface area contributed by atoms with Gasteiger partial charge in [-0.2, -0.15) is 8.42 Å². The summed E-state index contributed by atoms with van der Waals surface area (Å²) in [5, 5.41) is 4.95. The van der Waals surface area contributed by atoms with E-state index in [9.17, 15) is 16.8 Å². The molecule has 0 fully saturated rings. The molecule has 0 bridgehead atoms. The van der Waals surface area contributed by atoms with E-state index >= 15 is 0 Å². The number of hydrogen-bond acceptors (Lipinski definition) is 4. The minimum Gasteiger partial charge on any atom is -0.271 e. The Morgan fingerprint density at radius 1 is 1.18 bits per heavy atom. The molecule has 0 aliphatic heterocycles. The first-order valence-electron chi connectivity index (χ1n) is 4.50. The molecule has 0 aliphatic carbocycles. The first-order valence-corrected chi connectivity index (χ1v) is 7.53. The molecule has 0 aliphatic rings. The lowest BCUT2D eigenvalue weighted by Gasteiger charge is -2.10. The molecule has 7 nitrogen and oxygen atoms in total. The van der Waals surface area contributed by atoms with Crippen LogP contribution >= 0.6 is 0 Å². The van der Waals surface area contributed by atoms with E-state index in [-0.39, 0.29) is 10.6 Å². The predicted octanol–water partition coefficient (Wildman–Crippen LogP) is -0.481. The van der Waals surface area contributed by atoms with Crippen LogP contribution in [0.3, 0.4) is 0 Å². The molecule has 9 heteroatoms. The standard InChI is InChI=1S/C8H13N3O4S2/c1-6-3-4-7(16(9,12)13)5-8(6)11-17(14,15)10-2/h3-5,10-11H,1-2H3,(H2,9,12,13). The third-order valence-corrected chi connectivity index (χ3v) is 3.99. The molecule has 0 unspecified atom stereocenters. The fraction of sp³-hybridized carbons (Fsp3) is 0.250. The number of nitrogens with one attached hydrogen (secondary N) is 2. The molecule has 0 aromatic heterocycles. The molecular formula is C8H13N3O4S2. The van der Waals surface area contributed by atoms with Crippen LogP contribution in [-0.2, 0) is 20.2 Å². The molecule has 0 amide bonds. The number of benzene rings is 1. The van der Waals surface area contributed by atoms with Gasteiger partial charge in [0.2, 0.25) is 10.0 Å². The van der Waals surface area contributed by atoms with E-state index in [1.54, 1.807) is 6.92 Å². The van der Waals surface area contributed by atoms with Gasteiger partial charge in [-0.15, -0.1) is 0 Å². The van der Waals surface area contributed by atoms with Gasteiger partial charge in [0.25, 0.3) is 10.2 Å². The third kappa shape index (κ3) is 3.66. The Labute approximate surface area is 100 Å². The van der Waals surface area contributed by atoms with E-state index < -0.39 is 20.2 Å². The lowest BCUT2D eigenvalue weighted by molar-refractivity contribution is 0.592. The summed E-state index contributed by atoms with van der Waals surface area (Å²) >= 11 is 0. The summed E-state index contributed by atoms with van der Waals surface area (Å²) in [4.78, 5) is -0.156. The van der Waals surface area contributed by atoms with E-state index in [0.717, 1.165) is 0 Å². The Bertz CT molecular complexity index is 622. The molecule has 1 aromatic rings. The number of anilines is 1. The van der Waals surface area contributed by atoms with Crippen molar-refractivity contribution in [3.8, 4) is 0 Å². The van der Waals surface area contributed by atoms with Gasteiger partial charge in [0, 0.05) is 7.05 Å². The van der Waals surface area contributed by atoms with Crippen molar-refractivity contribution in [1.29, 1.82) is 0 Å². The summed E-state index contributed by atoms with van der Waals surface area (Å²) in [6, 6.07) is 3.94. The Balaban J connectivity index is 3.26. The normalized spacial score (nSPS) is 12.4. The monoisotopic (exact) mass is 279 g/mol. The van der Waals surface area contributed by atoms with Gasteiger partial charge in [-0.05, 0) is 24.6 Å². The minimum absolute atomic E-state index is 0.156. The molecule has 0 radical (unpaired) electrons. The van der Waals surface area contributed by atoms with Gasteiger partial charge < -0.3 is 0 Å². The molecule has 0 heterocycles. The maximum Gasteiger partial charge on any atom is 0.298 e. The van der Waals surface area contributed by atoms with Crippen LogP contribution in [0.5, 0.6) is 0 Å². The Morgan fingerprint density at radius 2 is 1.76 bits per heavy atom. The number of sulfonamides is 1. The van der Waals surface area contributed by atoms with Crippen molar-refractivity contribution in [2.45, 2.75) is 11.8 Å². The number of hydrogen-bond donors (Lipinski definition) is 3. The van der Waals surface area contributed by atoms with Gasteiger partial charge >= 0.3 is 0 Å². The first-order chi connectivity index (χ1) is 7.65. The van der Waals surface area contributed by atoms with E-state index in [4.69, 9.17) is 5.14 Å². The zero-order valence-electron chi connectivity index (χ0n) is 9.26.